The standard InChI is InChI=1S/C23H35N7O7/c1-13(22(36)37)28-21(35)17(12-14-6-3-2-4-7-14)30-20(34)16(8-5-11-27-23(25)26)29-19(33)15(24)9-10-18(31)32/h2-4,6-7,13,15-17H,5,8-12,24H2,1H3,(H,28,35)(H,29,33)(H,30,34)(H,31,32)(H,36,37)(H4,25,26,27). The summed E-state index contributed by atoms with van der Waals surface area (Å²) in [6.07, 6.45) is -0.0678. The van der Waals surface area contributed by atoms with Gasteiger partial charge in [0, 0.05) is 19.4 Å². The van der Waals surface area contributed by atoms with Gasteiger partial charge in [-0.25, -0.2) is 0 Å². The first-order valence-corrected chi connectivity index (χ1v) is 11.6. The van der Waals surface area contributed by atoms with E-state index in [-0.39, 0.29) is 44.6 Å². The predicted octanol–water partition coefficient (Wildman–Crippen LogP) is -1.97. The lowest BCUT2D eigenvalue weighted by Crippen LogP contribution is -2.57. The Balaban J connectivity index is 3.06. The lowest BCUT2D eigenvalue weighted by Gasteiger charge is -2.25. The summed E-state index contributed by atoms with van der Waals surface area (Å²) in [6.45, 7) is 1.45. The van der Waals surface area contributed by atoms with Gasteiger partial charge in [0.2, 0.25) is 17.7 Å². The zero-order valence-electron chi connectivity index (χ0n) is 20.6. The van der Waals surface area contributed by atoms with E-state index in [4.69, 9.17) is 27.4 Å². The maximum Gasteiger partial charge on any atom is 0.325 e. The van der Waals surface area contributed by atoms with Crippen molar-refractivity contribution < 1.29 is 34.2 Å². The maximum atomic E-state index is 13.2. The minimum absolute atomic E-state index is 0.0531. The molecular formula is C23H35N7O7. The summed E-state index contributed by atoms with van der Waals surface area (Å²) in [5.41, 5.74) is 17.1. The summed E-state index contributed by atoms with van der Waals surface area (Å²) in [4.78, 5) is 64.3. The number of aliphatic imine (C=N–C) groups is 1. The molecule has 1 aromatic rings. The van der Waals surface area contributed by atoms with Crippen molar-refractivity contribution >= 4 is 35.6 Å². The third-order valence-electron chi connectivity index (χ3n) is 5.23. The van der Waals surface area contributed by atoms with E-state index >= 15 is 0 Å². The van der Waals surface area contributed by atoms with Crippen LogP contribution in [0.25, 0.3) is 0 Å². The van der Waals surface area contributed by atoms with Crippen molar-refractivity contribution in [2.75, 3.05) is 6.54 Å². The molecule has 11 N–H and O–H groups in total. The Hall–Kier alpha value is -4.20. The molecule has 1 rings (SSSR count). The van der Waals surface area contributed by atoms with E-state index in [1.807, 2.05) is 0 Å². The van der Waals surface area contributed by atoms with Crippen LogP contribution in [-0.2, 0) is 30.4 Å². The molecule has 0 aromatic heterocycles. The maximum absolute atomic E-state index is 13.2. The number of carboxylic acids is 2. The highest BCUT2D eigenvalue weighted by molar-refractivity contribution is 5.94. The fourth-order valence-electron chi connectivity index (χ4n) is 3.17. The Bertz CT molecular complexity index is 967. The van der Waals surface area contributed by atoms with Crippen LogP contribution in [0.4, 0.5) is 0 Å². The van der Waals surface area contributed by atoms with Crippen molar-refractivity contribution in [1.82, 2.24) is 16.0 Å². The number of amides is 3. The van der Waals surface area contributed by atoms with Crippen LogP contribution in [0, 0.1) is 0 Å². The number of nitrogens with one attached hydrogen (secondary N) is 3. The summed E-state index contributed by atoms with van der Waals surface area (Å²) in [7, 11) is 0. The van der Waals surface area contributed by atoms with Crippen LogP contribution in [0.3, 0.4) is 0 Å². The summed E-state index contributed by atoms with van der Waals surface area (Å²) in [5, 5.41) is 25.3. The molecule has 14 heteroatoms. The number of carbonyl (C=O) groups is 5. The third kappa shape index (κ3) is 12.4. The topological polar surface area (TPSA) is 252 Å². The molecule has 0 bridgehead atoms. The molecule has 0 aliphatic heterocycles. The molecule has 14 nitrogen and oxygen atoms in total. The molecule has 4 atom stereocenters. The summed E-state index contributed by atoms with van der Waals surface area (Å²) in [5.74, 6) is -4.71. The smallest absolute Gasteiger partial charge is 0.325 e. The van der Waals surface area contributed by atoms with Gasteiger partial charge in [-0.2, -0.15) is 0 Å². The summed E-state index contributed by atoms with van der Waals surface area (Å²) < 4.78 is 0. The minimum atomic E-state index is -1.25. The minimum Gasteiger partial charge on any atom is -0.481 e. The van der Waals surface area contributed by atoms with E-state index in [0.717, 1.165) is 0 Å². The number of carbonyl (C=O) groups excluding carboxylic acids is 3. The quantitative estimate of drug-likeness (QED) is 0.0676. The predicted molar refractivity (Wildman–Crippen MR) is 134 cm³/mol. The van der Waals surface area contributed by atoms with E-state index in [9.17, 15) is 24.0 Å². The van der Waals surface area contributed by atoms with Crippen LogP contribution in [0.15, 0.2) is 35.3 Å². The van der Waals surface area contributed by atoms with E-state index < -0.39 is 53.8 Å². The van der Waals surface area contributed by atoms with Gasteiger partial charge >= 0.3 is 11.9 Å². The van der Waals surface area contributed by atoms with Crippen molar-refractivity contribution in [1.29, 1.82) is 0 Å². The molecule has 37 heavy (non-hydrogen) atoms. The molecule has 0 saturated carbocycles. The number of hydrogen-bond acceptors (Lipinski definition) is 7. The molecule has 204 valence electrons. The van der Waals surface area contributed by atoms with Crippen molar-refractivity contribution in [3.05, 3.63) is 35.9 Å². The molecule has 0 heterocycles. The highest BCUT2D eigenvalue weighted by atomic mass is 16.4. The van der Waals surface area contributed by atoms with Gasteiger partial charge in [0.05, 0.1) is 6.04 Å². The summed E-state index contributed by atoms with van der Waals surface area (Å²) in [6, 6.07) is 4.06. The van der Waals surface area contributed by atoms with Crippen LogP contribution >= 0.6 is 0 Å². The van der Waals surface area contributed by atoms with Gasteiger partial charge in [-0.15, -0.1) is 0 Å². The second-order valence-electron chi connectivity index (χ2n) is 8.37. The second kappa shape index (κ2) is 15.7. The Morgan fingerprint density at radius 2 is 1.49 bits per heavy atom. The molecule has 0 spiro atoms. The van der Waals surface area contributed by atoms with Crippen molar-refractivity contribution in [3.8, 4) is 0 Å². The van der Waals surface area contributed by atoms with Crippen molar-refractivity contribution in [3.63, 3.8) is 0 Å². The van der Waals surface area contributed by atoms with Crippen LogP contribution in [0.5, 0.6) is 0 Å². The molecule has 0 radical (unpaired) electrons. The zero-order chi connectivity index (χ0) is 28.0. The Morgan fingerprint density at radius 3 is 2.05 bits per heavy atom. The molecule has 0 saturated heterocycles. The SMILES string of the molecule is CC(NC(=O)C(Cc1ccccc1)NC(=O)C(CCCN=C(N)N)NC(=O)C(N)CCC(=O)O)C(=O)O. The Morgan fingerprint density at radius 1 is 0.892 bits per heavy atom. The second-order valence-corrected chi connectivity index (χ2v) is 8.37. The number of guanidine groups is 1. The van der Waals surface area contributed by atoms with Crippen molar-refractivity contribution in [2.45, 2.75) is 63.2 Å². The number of aliphatic carboxylic acids is 2. The summed E-state index contributed by atoms with van der Waals surface area (Å²) >= 11 is 0. The number of nitrogens with two attached hydrogens (primary N) is 3. The van der Waals surface area contributed by atoms with E-state index in [2.05, 4.69) is 20.9 Å². The molecule has 0 fully saturated rings. The largest absolute Gasteiger partial charge is 0.481 e. The fourth-order valence-corrected chi connectivity index (χ4v) is 3.17. The van der Waals surface area contributed by atoms with Crippen LogP contribution in [0.1, 0.15) is 38.2 Å². The highest BCUT2D eigenvalue weighted by Crippen LogP contribution is 2.07. The van der Waals surface area contributed by atoms with Gasteiger partial charge in [-0.1, -0.05) is 30.3 Å². The first-order chi connectivity index (χ1) is 17.4. The van der Waals surface area contributed by atoms with Gasteiger partial charge < -0.3 is 43.4 Å². The van der Waals surface area contributed by atoms with Crippen molar-refractivity contribution in [2.24, 2.45) is 22.2 Å². The van der Waals surface area contributed by atoms with Gasteiger partial charge in [0.1, 0.15) is 18.1 Å². The first-order valence-electron chi connectivity index (χ1n) is 11.6. The number of benzene rings is 1. The van der Waals surface area contributed by atoms with Gasteiger partial charge in [-0.3, -0.25) is 29.0 Å². The normalized spacial score (nSPS) is 13.8. The van der Waals surface area contributed by atoms with Crippen LogP contribution < -0.4 is 33.2 Å². The molecular weight excluding hydrogens is 486 g/mol. The number of nitrogens with zero attached hydrogens (tertiary/aromatic N) is 1. The number of rotatable bonds is 16. The first kappa shape index (κ1) is 30.8. The highest BCUT2D eigenvalue weighted by Gasteiger charge is 2.29. The molecule has 1 aromatic carbocycles. The monoisotopic (exact) mass is 521 g/mol. The molecule has 0 aliphatic carbocycles. The average molecular weight is 522 g/mol. The van der Waals surface area contributed by atoms with Crippen LogP contribution in [-0.4, -0.2) is 76.5 Å². The van der Waals surface area contributed by atoms with Gasteiger partial charge in [-0.05, 0) is 31.7 Å². The lowest BCUT2D eigenvalue weighted by molar-refractivity contribution is -0.142. The van der Waals surface area contributed by atoms with Gasteiger partial charge in [0.25, 0.3) is 0 Å². The molecule has 0 aliphatic rings. The fraction of sp³-hybridized carbons (Fsp3) is 0.478. The molecule has 3 amide bonds. The third-order valence-corrected chi connectivity index (χ3v) is 5.23. The lowest BCUT2D eigenvalue weighted by atomic mass is 10.0. The zero-order valence-corrected chi connectivity index (χ0v) is 20.6. The molecule has 4 unspecified atom stereocenters. The Kier molecular flexibility index (Phi) is 13.1. The number of carboxylic acid groups (broad SMARTS) is 2. The van der Waals surface area contributed by atoms with E-state index in [1.165, 1.54) is 6.92 Å². The van der Waals surface area contributed by atoms with Crippen LogP contribution in [0.2, 0.25) is 0 Å². The average Bonchev–Trinajstić information content (AvgIpc) is 2.83. The van der Waals surface area contributed by atoms with E-state index in [0.29, 0.717) is 5.56 Å². The number of hydrogen-bond donors (Lipinski definition) is 8. The van der Waals surface area contributed by atoms with E-state index in [1.54, 1.807) is 30.3 Å². The van der Waals surface area contributed by atoms with Gasteiger partial charge in [0.15, 0.2) is 5.96 Å². The Labute approximate surface area is 214 Å².